The van der Waals surface area contributed by atoms with Gasteiger partial charge in [0.25, 0.3) is 0 Å². The third kappa shape index (κ3) is 9.36. The minimum atomic E-state index is 0.201. The normalized spacial score (nSPS) is 11.3. The van der Waals surface area contributed by atoms with Gasteiger partial charge >= 0.3 is 0 Å². The molecule has 0 rings (SSSR count). The van der Waals surface area contributed by atoms with Crippen molar-refractivity contribution in [2.45, 2.75) is 44.2 Å². The number of unbranched alkanes of at least 4 members (excludes halogenated alkanes) is 3. The van der Waals surface area contributed by atoms with Crippen LogP contribution in [0.1, 0.15) is 39.0 Å². The van der Waals surface area contributed by atoms with Crippen molar-refractivity contribution in [1.29, 1.82) is 0 Å². The molecule has 0 N–H and O–H groups in total. The number of azide groups is 2. The fraction of sp³-hybridized carbons (Fsp3) is 1.00. The number of hydrogen-bond donors (Lipinski definition) is 0. The van der Waals surface area contributed by atoms with E-state index in [9.17, 15) is 0 Å². The topological polar surface area (TPSA) is 97.5 Å². The lowest BCUT2D eigenvalue weighted by Gasteiger charge is -2.08. The zero-order valence-electron chi connectivity index (χ0n) is 8.80. The SMILES string of the molecule is CCCCCCC([Si]N=[N+]=[N-])[Si]N=[N+]=[N-]. The van der Waals surface area contributed by atoms with Crippen molar-refractivity contribution < 1.29 is 0 Å². The second kappa shape index (κ2) is 11.1. The van der Waals surface area contributed by atoms with E-state index in [1.807, 2.05) is 0 Å². The Labute approximate surface area is 94.5 Å². The van der Waals surface area contributed by atoms with Gasteiger partial charge in [-0.2, -0.15) is 0 Å². The standard InChI is InChI=1S/C7H14N6Si2/c1-2-3-4-5-6-7(14-12-10-8)15-13-11-9/h7H,2-6H2,1H3. The highest BCUT2D eigenvalue weighted by Crippen LogP contribution is 2.14. The molecule has 0 unspecified atom stereocenters. The summed E-state index contributed by atoms with van der Waals surface area (Å²) < 4.78 is 7.11. The van der Waals surface area contributed by atoms with Crippen molar-refractivity contribution in [1.82, 2.24) is 0 Å². The monoisotopic (exact) mass is 238 g/mol. The summed E-state index contributed by atoms with van der Waals surface area (Å²) in [4.78, 5) is 5.47. The first-order valence-electron chi connectivity index (χ1n) is 4.94. The van der Waals surface area contributed by atoms with Crippen molar-refractivity contribution in [3.8, 4) is 0 Å². The Morgan fingerprint density at radius 2 is 1.67 bits per heavy atom. The lowest BCUT2D eigenvalue weighted by atomic mass is 10.2. The van der Waals surface area contributed by atoms with Gasteiger partial charge in [0.05, 0.1) is 0 Å². The molecular weight excluding hydrogens is 224 g/mol. The van der Waals surface area contributed by atoms with Crippen LogP contribution in [0.4, 0.5) is 0 Å². The molecule has 0 saturated carbocycles. The Kier molecular flexibility index (Phi) is 10.4. The molecule has 0 aromatic heterocycles. The lowest BCUT2D eigenvalue weighted by molar-refractivity contribution is 0.645. The molecule has 0 bridgehead atoms. The first-order chi connectivity index (χ1) is 7.35. The van der Waals surface area contributed by atoms with Gasteiger partial charge in [-0.3, -0.25) is 0 Å². The lowest BCUT2D eigenvalue weighted by Crippen LogP contribution is -2.07. The smallest absolute Gasteiger partial charge is 0.130 e. The summed E-state index contributed by atoms with van der Waals surface area (Å²) in [7, 11) is 0.402. The summed E-state index contributed by atoms with van der Waals surface area (Å²) in [5.41, 5.74) is 16.4. The molecule has 0 aromatic rings. The zero-order valence-corrected chi connectivity index (χ0v) is 10.8. The van der Waals surface area contributed by atoms with Crippen LogP contribution in [0, 0.1) is 0 Å². The molecule has 0 heterocycles. The molecule has 8 heteroatoms. The summed E-state index contributed by atoms with van der Waals surface area (Å²) in [6.45, 7) is 2.17. The fourth-order valence-corrected chi connectivity index (χ4v) is 2.75. The van der Waals surface area contributed by atoms with Gasteiger partial charge in [-0.1, -0.05) is 39.0 Å². The van der Waals surface area contributed by atoms with Gasteiger partial charge in [-0.25, -0.2) is 0 Å². The van der Waals surface area contributed by atoms with Crippen LogP contribution in [0.25, 0.3) is 20.9 Å². The molecule has 0 aliphatic heterocycles. The summed E-state index contributed by atoms with van der Waals surface area (Å²) >= 11 is 0. The minimum Gasteiger partial charge on any atom is -0.130 e. The van der Waals surface area contributed by atoms with Crippen LogP contribution >= 0.6 is 0 Å². The summed E-state index contributed by atoms with van der Waals surface area (Å²) in [6, 6.07) is 0. The summed E-state index contributed by atoms with van der Waals surface area (Å²) in [5.74, 6) is 0. The molecule has 0 spiro atoms. The van der Waals surface area contributed by atoms with E-state index in [0.29, 0.717) is 0 Å². The Morgan fingerprint density at radius 3 is 2.13 bits per heavy atom. The molecule has 0 saturated heterocycles. The molecule has 0 aromatic carbocycles. The number of rotatable bonds is 9. The maximum absolute atomic E-state index is 8.22. The number of hydrogen-bond acceptors (Lipinski definition) is 2. The van der Waals surface area contributed by atoms with Crippen LogP contribution in [-0.4, -0.2) is 19.4 Å². The van der Waals surface area contributed by atoms with Crippen molar-refractivity contribution in [3.63, 3.8) is 0 Å². The molecule has 0 amide bonds. The van der Waals surface area contributed by atoms with Crippen molar-refractivity contribution >= 4 is 19.4 Å². The summed E-state index contributed by atoms with van der Waals surface area (Å²) in [6.07, 6.45) is 5.77. The van der Waals surface area contributed by atoms with Gasteiger partial charge in [0.2, 0.25) is 0 Å². The molecule has 6 nitrogen and oxygen atoms in total. The van der Waals surface area contributed by atoms with Crippen LogP contribution in [0.3, 0.4) is 0 Å². The van der Waals surface area contributed by atoms with Crippen LogP contribution in [0.2, 0.25) is 5.16 Å². The third-order valence-corrected chi connectivity index (χ3v) is 4.25. The van der Waals surface area contributed by atoms with Gasteiger partial charge < -0.3 is 0 Å². The van der Waals surface area contributed by atoms with E-state index in [4.69, 9.17) is 11.1 Å². The van der Waals surface area contributed by atoms with Crippen LogP contribution in [-0.2, 0) is 0 Å². The highest BCUT2D eigenvalue weighted by molar-refractivity contribution is 6.56. The molecule has 0 aliphatic rings. The van der Waals surface area contributed by atoms with Gasteiger partial charge in [0, 0.05) is 0 Å². The highest BCUT2D eigenvalue weighted by Gasteiger charge is 2.08. The quantitative estimate of drug-likeness (QED) is 0.193. The summed E-state index contributed by atoms with van der Waals surface area (Å²) in [5, 5.41) is 0.258. The molecule has 0 fully saturated rings. The maximum Gasteiger partial charge on any atom is 0.151 e. The third-order valence-electron chi connectivity index (χ3n) is 1.86. The second-order valence-corrected chi connectivity index (χ2v) is 5.93. The van der Waals surface area contributed by atoms with Crippen molar-refractivity contribution in [2.75, 3.05) is 0 Å². The van der Waals surface area contributed by atoms with Gasteiger partial charge in [-0.15, -0.1) is 9.56 Å². The second-order valence-electron chi connectivity index (χ2n) is 3.04. The largest absolute Gasteiger partial charge is 0.151 e. The van der Waals surface area contributed by atoms with E-state index in [1.165, 1.54) is 19.3 Å². The average molecular weight is 238 g/mol. The zero-order chi connectivity index (χ0) is 11.4. The Hall–Kier alpha value is -0.946. The van der Waals surface area contributed by atoms with E-state index < -0.39 is 0 Å². The Bertz CT molecular complexity index is 226. The fourth-order valence-electron chi connectivity index (χ4n) is 1.12. The first-order valence-corrected chi connectivity index (χ1v) is 6.99. The molecule has 0 atom stereocenters. The maximum atomic E-state index is 8.22. The van der Waals surface area contributed by atoms with Crippen LogP contribution in [0.5, 0.6) is 0 Å². The van der Waals surface area contributed by atoms with E-state index in [0.717, 1.165) is 12.8 Å². The van der Waals surface area contributed by atoms with Gasteiger partial charge in [-0.05, 0) is 26.1 Å². The molecule has 4 radical (unpaired) electrons. The van der Waals surface area contributed by atoms with Crippen LogP contribution in [0.15, 0.2) is 9.56 Å². The van der Waals surface area contributed by atoms with Gasteiger partial charge in [0.1, 0.15) is 0 Å². The highest BCUT2D eigenvalue weighted by atomic mass is 28.3. The van der Waals surface area contributed by atoms with E-state index in [-0.39, 0.29) is 24.5 Å². The molecule has 80 valence electrons. The molecule has 0 aliphatic carbocycles. The van der Waals surface area contributed by atoms with Crippen molar-refractivity contribution in [2.24, 2.45) is 9.56 Å². The van der Waals surface area contributed by atoms with Crippen LogP contribution < -0.4 is 0 Å². The van der Waals surface area contributed by atoms with E-state index >= 15 is 0 Å². The first kappa shape index (κ1) is 14.1. The van der Waals surface area contributed by atoms with Crippen molar-refractivity contribution in [3.05, 3.63) is 20.9 Å². The molecule has 15 heavy (non-hydrogen) atoms. The van der Waals surface area contributed by atoms with E-state index in [2.05, 4.69) is 26.3 Å². The minimum absolute atomic E-state index is 0.201. The Morgan fingerprint density at radius 1 is 1.07 bits per heavy atom. The predicted octanol–water partition coefficient (Wildman–Crippen LogP) is 3.56. The van der Waals surface area contributed by atoms with E-state index in [1.54, 1.807) is 0 Å². The van der Waals surface area contributed by atoms with Gasteiger partial charge in [0.15, 0.2) is 19.4 Å². The molecular formula is C7H14N6Si2. The number of nitrogens with zero attached hydrogens (tertiary/aromatic N) is 6. The predicted molar refractivity (Wildman–Crippen MR) is 62.3 cm³/mol. The average Bonchev–Trinajstić information content (AvgIpc) is 2.27. The Balaban J connectivity index is 3.78.